The van der Waals surface area contributed by atoms with Crippen LogP contribution in [0.5, 0.6) is 5.75 Å². The fourth-order valence-corrected chi connectivity index (χ4v) is 1.82. The topological polar surface area (TPSA) is 84.3 Å². The van der Waals surface area contributed by atoms with Gasteiger partial charge in [0, 0.05) is 18.8 Å². The minimum absolute atomic E-state index is 0.211. The van der Waals surface area contributed by atoms with Gasteiger partial charge in [0.1, 0.15) is 18.7 Å². The van der Waals surface area contributed by atoms with E-state index in [1.807, 2.05) is 31.3 Å². The van der Waals surface area contributed by atoms with Gasteiger partial charge in [-0.15, -0.1) is 0 Å². The lowest BCUT2D eigenvalue weighted by atomic mass is 10.3. The van der Waals surface area contributed by atoms with E-state index < -0.39 is 0 Å². The van der Waals surface area contributed by atoms with E-state index in [1.54, 1.807) is 0 Å². The summed E-state index contributed by atoms with van der Waals surface area (Å²) in [7, 11) is 1.85. The summed E-state index contributed by atoms with van der Waals surface area (Å²) in [5, 5.41) is 5.71. The SMILES string of the molecule is CNc1ccc(OCc2cc(=O)n3[nH]cnc3n2)cc1. The highest BCUT2D eigenvalue weighted by molar-refractivity contribution is 5.45. The summed E-state index contributed by atoms with van der Waals surface area (Å²) in [6.07, 6.45) is 1.42. The van der Waals surface area contributed by atoms with Crippen molar-refractivity contribution in [1.82, 2.24) is 19.6 Å². The summed E-state index contributed by atoms with van der Waals surface area (Å²) in [5.74, 6) is 1.05. The van der Waals surface area contributed by atoms with Gasteiger partial charge in [-0.2, -0.15) is 4.52 Å². The molecular weight excluding hydrogens is 258 g/mol. The van der Waals surface area contributed by atoms with Crippen LogP contribution in [0.4, 0.5) is 5.69 Å². The molecule has 3 aromatic rings. The van der Waals surface area contributed by atoms with Gasteiger partial charge in [-0.05, 0) is 24.3 Å². The molecule has 0 atom stereocenters. The molecule has 20 heavy (non-hydrogen) atoms. The van der Waals surface area contributed by atoms with Crippen LogP contribution in [0.1, 0.15) is 5.69 Å². The number of hydrogen-bond acceptors (Lipinski definition) is 5. The molecular formula is C13H13N5O2. The number of anilines is 1. The molecule has 7 nitrogen and oxygen atoms in total. The molecule has 0 saturated carbocycles. The predicted octanol–water partition coefficient (Wildman–Crippen LogP) is 1.04. The van der Waals surface area contributed by atoms with Crippen molar-refractivity contribution in [3.8, 4) is 5.75 Å². The monoisotopic (exact) mass is 271 g/mol. The molecule has 0 aliphatic heterocycles. The Labute approximate surface area is 114 Å². The van der Waals surface area contributed by atoms with Crippen LogP contribution in [0, 0.1) is 0 Å². The first-order valence-corrected chi connectivity index (χ1v) is 6.09. The maximum absolute atomic E-state index is 11.7. The van der Waals surface area contributed by atoms with E-state index >= 15 is 0 Å². The summed E-state index contributed by atoms with van der Waals surface area (Å²) in [6.45, 7) is 0.220. The van der Waals surface area contributed by atoms with Crippen molar-refractivity contribution in [2.45, 2.75) is 6.61 Å². The molecule has 2 heterocycles. The average molecular weight is 271 g/mol. The molecule has 0 unspecified atom stereocenters. The van der Waals surface area contributed by atoms with Gasteiger partial charge in [0.05, 0.1) is 5.69 Å². The average Bonchev–Trinajstić information content (AvgIpc) is 2.94. The highest BCUT2D eigenvalue weighted by Gasteiger charge is 2.04. The smallest absolute Gasteiger partial charge is 0.274 e. The van der Waals surface area contributed by atoms with Gasteiger partial charge in [-0.1, -0.05) is 0 Å². The lowest BCUT2D eigenvalue weighted by Crippen LogP contribution is -2.16. The van der Waals surface area contributed by atoms with Crippen LogP contribution >= 0.6 is 0 Å². The molecule has 0 saturated heterocycles. The Balaban J connectivity index is 1.77. The number of aromatic amines is 1. The van der Waals surface area contributed by atoms with Gasteiger partial charge in [-0.25, -0.2) is 9.97 Å². The zero-order valence-electron chi connectivity index (χ0n) is 10.8. The molecule has 0 radical (unpaired) electrons. The molecule has 0 amide bonds. The highest BCUT2D eigenvalue weighted by atomic mass is 16.5. The minimum Gasteiger partial charge on any atom is -0.487 e. The van der Waals surface area contributed by atoms with Crippen LogP contribution in [-0.2, 0) is 6.61 Å². The fraction of sp³-hybridized carbons (Fsp3) is 0.154. The Morgan fingerprint density at radius 2 is 2.15 bits per heavy atom. The van der Waals surface area contributed by atoms with Gasteiger partial charge < -0.3 is 10.1 Å². The van der Waals surface area contributed by atoms with E-state index in [0.29, 0.717) is 17.2 Å². The van der Waals surface area contributed by atoms with Crippen LogP contribution in [0.3, 0.4) is 0 Å². The Hall–Kier alpha value is -2.83. The Bertz CT molecular complexity index is 775. The van der Waals surface area contributed by atoms with Crippen molar-refractivity contribution in [2.24, 2.45) is 0 Å². The highest BCUT2D eigenvalue weighted by Crippen LogP contribution is 2.16. The molecule has 1 aromatic carbocycles. The molecule has 7 heteroatoms. The maximum Gasteiger partial charge on any atom is 0.274 e. The lowest BCUT2D eigenvalue weighted by molar-refractivity contribution is 0.301. The largest absolute Gasteiger partial charge is 0.487 e. The summed E-state index contributed by atoms with van der Waals surface area (Å²) >= 11 is 0. The van der Waals surface area contributed by atoms with Gasteiger partial charge in [0.25, 0.3) is 11.3 Å². The standard InChI is InChI=1S/C13H13N5O2/c1-14-9-2-4-11(5-3-9)20-7-10-6-12(19)18-13(17-10)15-8-16-18/h2-6,8,14H,7H2,1H3,(H,15,16,17). The molecule has 3 rings (SSSR count). The number of hydrogen-bond donors (Lipinski definition) is 2. The third-order valence-corrected chi connectivity index (χ3v) is 2.85. The van der Waals surface area contributed by atoms with E-state index in [4.69, 9.17) is 4.74 Å². The maximum atomic E-state index is 11.7. The molecule has 0 spiro atoms. The van der Waals surface area contributed by atoms with E-state index in [1.165, 1.54) is 16.9 Å². The fourth-order valence-electron chi connectivity index (χ4n) is 1.82. The number of fused-ring (bicyclic) bond motifs is 1. The van der Waals surface area contributed by atoms with Crippen LogP contribution in [-0.4, -0.2) is 26.6 Å². The lowest BCUT2D eigenvalue weighted by Gasteiger charge is -2.06. The second-order valence-corrected chi connectivity index (χ2v) is 4.17. The van der Waals surface area contributed by atoms with E-state index in [9.17, 15) is 4.79 Å². The van der Waals surface area contributed by atoms with Gasteiger partial charge in [0.15, 0.2) is 0 Å². The van der Waals surface area contributed by atoms with Gasteiger partial charge >= 0.3 is 0 Å². The second kappa shape index (κ2) is 5.04. The van der Waals surface area contributed by atoms with Crippen molar-refractivity contribution < 1.29 is 4.74 Å². The van der Waals surface area contributed by atoms with E-state index in [0.717, 1.165) is 5.69 Å². The summed E-state index contributed by atoms with van der Waals surface area (Å²) in [5.41, 5.74) is 1.34. The first-order chi connectivity index (χ1) is 9.76. The first-order valence-electron chi connectivity index (χ1n) is 6.09. The van der Waals surface area contributed by atoms with Crippen molar-refractivity contribution >= 4 is 11.5 Å². The summed E-state index contributed by atoms with van der Waals surface area (Å²) < 4.78 is 6.86. The molecule has 0 fully saturated rings. The number of H-pyrrole nitrogens is 1. The third kappa shape index (κ3) is 2.33. The Morgan fingerprint density at radius 3 is 2.90 bits per heavy atom. The molecule has 0 aliphatic carbocycles. The molecule has 0 aliphatic rings. The van der Waals surface area contributed by atoms with Crippen LogP contribution in [0.2, 0.25) is 0 Å². The first kappa shape index (κ1) is 12.2. The van der Waals surface area contributed by atoms with Crippen molar-refractivity contribution in [3.05, 3.63) is 52.7 Å². The van der Waals surface area contributed by atoms with Crippen molar-refractivity contribution in [2.75, 3.05) is 12.4 Å². The van der Waals surface area contributed by atoms with Gasteiger partial charge in [-0.3, -0.25) is 9.89 Å². The molecule has 2 aromatic heterocycles. The minimum atomic E-state index is -0.211. The van der Waals surface area contributed by atoms with E-state index in [2.05, 4.69) is 20.4 Å². The number of nitrogens with one attached hydrogen (secondary N) is 2. The van der Waals surface area contributed by atoms with Crippen LogP contribution < -0.4 is 15.6 Å². The molecule has 102 valence electrons. The van der Waals surface area contributed by atoms with Crippen molar-refractivity contribution in [3.63, 3.8) is 0 Å². The zero-order valence-corrected chi connectivity index (χ0v) is 10.8. The number of aromatic nitrogens is 4. The van der Waals surface area contributed by atoms with Crippen LogP contribution in [0.25, 0.3) is 5.78 Å². The third-order valence-electron chi connectivity index (χ3n) is 2.85. The van der Waals surface area contributed by atoms with Gasteiger partial charge in [0.2, 0.25) is 0 Å². The number of nitrogens with zero attached hydrogens (tertiary/aromatic N) is 3. The predicted molar refractivity (Wildman–Crippen MR) is 73.9 cm³/mol. The quantitative estimate of drug-likeness (QED) is 0.740. The summed E-state index contributed by atoms with van der Waals surface area (Å²) in [6, 6.07) is 8.95. The molecule has 2 N–H and O–H groups in total. The van der Waals surface area contributed by atoms with Crippen LogP contribution in [0.15, 0.2) is 41.5 Å². The second-order valence-electron chi connectivity index (χ2n) is 4.17. The summed E-state index contributed by atoms with van der Waals surface area (Å²) in [4.78, 5) is 19.9. The normalized spacial score (nSPS) is 10.7. The number of benzene rings is 1. The van der Waals surface area contributed by atoms with Crippen molar-refractivity contribution in [1.29, 1.82) is 0 Å². The Kier molecular flexibility index (Phi) is 3.08. The Morgan fingerprint density at radius 1 is 1.35 bits per heavy atom. The number of ether oxygens (including phenoxy) is 1. The number of rotatable bonds is 4. The zero-order chi connectivity index (χ0) is 13.9. The van der Waals surface area contributed by atoms with E-state index in [-0.39, 0.29) is 12.2 Å². The molecule has 0 bridgehead atoms.